The minimum Gasteiger partial charge on any atom is -0.326 e. The maximum Gasteiger partial charge on any atom is 0.111 e. The second kappa shape index (κ2) is 13.7. The molecular weight excluding hydrogens is 689 g/mol. The fourth-order valence-electron chi connectivity index (χ4n) is 11.1. The first kappa shape index (κ1) is 34.0. The van der Waals surface area contributed by atoms with Crippen LogP contribution in [0.25, 0.3) is 44.3 Å². The van der Waals surface area contributed by atoms with E-state index in [2.05, 4.69) is 67.5 Å². The van der Waals surface area contributed by atoms with Gasteiger partial charge in [0.05, 0.1) is 45.3 Å². The first-order chi connectivity index (χ1) is 27.6. The third-order valence-corrected chi connectivity index (χ3v) is 14.3. The van der Waals surface area contributed by atoms with Crippen LogP contribution in [0.3, 0.4) is 0 Å². The van der Waals surface area contributed by atoms with Crippen LogP contribution in [0, 0.1) is 22.7 Å². The van der Waals surface area contributed by atoms with E-state index in [9.17, 15) is 0 Å². The molecule has 0 unspecified atom stereocenters. The zero-order valence-corrected chi connectivity index (χ0v) is 32.0. The molecule has 6 aromatic rings. The summed E-state index contributed by atoms with van der Waals surface area (Å²) in [5, 5.41) is 18.0. The van der Waals surface area contributed by atoms with Crippen LogP contribution in [-0.2, 0) is 25.9 Å². The van der Waals surface area contributed by atoms with Gasteiger partial charge in [0.2, 0.25) is 0 Å². The Balaban J connectivity index is 0.000000130. The van der Waals surface area contributed by atoms with E-state index in [-0.39, 0.29) is 0 Å². The summed E-state index contributed by atoms with van der Waals surface area (Å²) in [6.07, 6.45) is 15.9. The summed E-state index contributed by atoms with van der Waals surface area (Å²) < 4.78 is 4.99. The van der Waals surface area contributed by atoms with Crippen molar-refractivity contribution in [1.29, 1.82) is 10.5 Å². The number of hydrogen-bond acceptors (Lipinski definition) is 6. The summed E-state index contributed by atoms with van der Waals surface area (Å²) in [5.41, 5.74) is 10.8. The van der Waals surface area contributed by atoms with E-state index in [1.54, 1.807) is 0 Å². The number of rotatable bonds is 4. The molecule has 12 rings (SSSR count). The van der Waals surface area contributed by atoms with Crippen molar-refractivity contribution in [3.05, 3.63) is 108 Å². The number of benzene rings is 4. The SMILES string of the molecule is N#Cc1ccc(-c2ccc3c(c2)nc2n3C[C@@H]3CC[C@H](C2)N3C2CCC2)cc1.N#Cc1ccc(-c2ccc3c(c2)nc2n3C[C@H]3CC[C@@H](C2)N3C2CCC2)cc1. The molecule has 2 saturated heterocycles. The first-order valence-electron chi connectivity index (χ1n) is 21.1. The molecule has 4 atom stereocenters. The maximum absolute atomic E-state index is 9.01. The molecule has 2 aromatic heterocycles. The molecule has 0 amide bonds. The Morgan fingerprint density at radius 2 is 0.839 bits per heavy atom. The topological polar surface area (TPSA) is 89.7 Å². The predicted molar refractivity (Wildman–Crippen MR) is 220 cm³/mol. The molecule has 56 heavy (non-hydrogen) atoms. The number of nitriles is 2. The second-order valence-electron chi connectivity index (χ2n) is 17.3. The summed E-state index contributed by atoms with van der Waals surface area (Å²) in [5.74, 6) is 2.53. The molecule has 0 N–H and O–H groups in total. The van der Waals surface area contributed by atoms with E-state index in [1.165, 1.54) is 98.0 Å². The minimum atomic E-state index is 0.686. The lowest BCUT2D eigenvalue weighted by molar-refractivity contribution is 0.0739. The molecule has 2 saturated carbocycles. The van der Waals surface area contributed by atoms with Crippen LogP contribution in [0.5, 0.6) is 0 Å². The third kappa shape index (κ3) is 5.77. The second-order valence-corrected chi connectivity index (χ2v) is 17.3. The van der Waals surface area contributed by atoms with Crippen LogP contribution in [0.15, 0.2) is 84.9 Å². The van der Waals surface area contributed by atoms with E-state index < -0.39 is 0 Å². The smallest absolute Gasteiger partial charge is 0.111 e. The highest BCUT2D eigenvalue weighted by Gasteiger charge is 2.44. The van der Waals surface area contributed by atoms with Crippen LogP contribution < -0.4 is 0 Å². The highest BCUT2D eigenvalue weighted by Crippen LogP contribution is 2.41. The molecule has 280 valence electrons. The molecule has 8 heteroatoms. The van der Waals surface area contributed by atoms with Gasteiger partial charge < -0.3 is 9.13 Å². The Kier molecular flexibility index (Phi) is 8.34. The molecule has 2 aliphatic carbocycles. The highest BCUT2D eigenvalue weighted by molar-refractivity contribution is 5.84. The zero-order valence-electron chi connectivity index (χ0n) is 32.0. The minimum absolute atomic E-state index is 0.686. The van der Waals surface area contributed by atoms with Gasteiger partial charge in [0.25, 0.3) is 0 Å². The first-order valence-corrected chi connectivity index (χ1v) is 21.1. The Morgan fingerprint density at radius 1 is 0.446 bits per heavy atom. The van der Waals surface area contributed by atoms with E-state index in [0.29, 0.717) is 35.3 Å². The van der Waals surface area contributed by atoms with Crippen molar-refractivity contribution in [3.8, 4) is 34.4 Å². The van der Waals surface area contributed by atoms with Gasteiger partial charge in [0.15, 0.2) is 0 Å². The molecule has 4 bridgehead atoms. The lowest BCUT2D eigenvalue weighted by Crippen LogP contribution is -2.48. The number of nitrogens with zero attached hydrogens (tertiary/aromatic N) is 8. The van der Waals surface area contributed by atoms with Crippen LogP contribution in [0.4, 0.5) is 0 Å². The molecule has 8 nitrogen and oxygen atoms in total. The van der Waals surface area contributed by atoms with Crippen molar-refractivity contribution in [2.75, 3.05) is 0 Å². The predicted octanol–water partition coefficient (Wildman–Crippen LogP) is 9.03. The molecule has 4 aromatic carbocycles. The fourth-order valence-corrected chi connectivity index (χ4v) is 11.1. The van der Waals surface area contributed by atoms with Gasteiger partial charge in [0.1, 0.15) is 11.6 Å². The third-order valence-electron chi connectivity index (χ3n) is 14.3. The molecule has 4 aliphatic heterocycles. The van der Waals surface area contributed by atoms with Crippen molar-refractivity contribution < 1.29 is 0 Å². The van der Waals surface area contributed by atoms with E-state index in [0.717, 1.165) is 60.2 Å². The van der Waals surface area contributed by atoms with Gasteiger partial charge in [-0.3, -0.25) is 9.80 Å². The van der Waals surface area contributed by atoms with Gasteiger partial charge in [-0.25, -0.2) is 9.97 Å². The molecule has 6 heterocycles. The van der Waals surface area contributed by atoms with Gasteiger partial charge in [-0.15, -0.1) is 0 Å². The largest absolute Gasteiger partial charge is 0.326 e. The Labute approximate surface area is 329 Å². The van der Waals surface area contributed by atoms with Gasteiger partial charge in [-0.05, 0) is 122 Å². The molecule has 0 spiro atoms. The molecule has 0 radical (unpaired) electrons. The molecule has 4 fully saturated rings. The van der Waals surface area contributed by atoms with Crippen molar-refractivity contribution in [3.63, 3.8) is 0 Å². The standard InChI is InChI=1S/2C24H24N4/c2*25-14-16-4-6-17(7-5-16)18-8-11-23-22(12-18)26-24-13-20-9-10-21(15-27(23)24)28(20)19-2-1-3-19/h2*4-8,11-12,19-21H,1-3,9-10,13,15H2/t2*20-,21+/m10/s1. The van der Waals surface area contributed by atoms with Crippen molar-refractivity contribution in [1.82, 2.24) is 28.9 Å². The van der Waals surface area contributed by atoms with Gasteiger partial charge in [-0.1, -0.05) is 49.2 Å². The summed E-state index contributed by atoms with van der Waals surface area (Å²) in [6, 6.07) is 37.7. The van der Waals surface area contributed by atoms with E-state index in [4.69, 9.17) is 20.5 Å². The maximum atomic E-state index is 9.01. The average Bonchev–Trinajstić information content (AvgIpc) is 3.89. The van der Waals surface area contributed by atoms with Crippen molar-refractivity contribution >= 4 is 22.1 Å². The number of hydrogen-bond donors (Lipinski definition) is 0. The Bertz CT molecular complexity index is 2350. The normalized spacial score (nSPS) is 24.5. The van der Waals surface area contributed by atoms with Gasteiger partial charge in [0, 0.05) is 62.2 Å². The van der Waals surface area contributed by atoms with Crippen LogP contribution in [0.2, 0.25) is 0 Å². The summed E-state index contributed by atoms with van der Waals surface area (Å²) >= 11 is 0. The van der Waals surface area contributed by atoms with Crippen molar-refractivity contribution in [2.24, 2.45) is 0 Å². The molecular formula is C48H48N8. The lowest BCUT2D eigenvalue weighted by Gasteiger charge is -2.41. The molecule has 6 aliphatic rings. The Hall–Kier alpha value is -5.28. The Morgan fingerprint density at radius 3 is 1.21 bits per heavy atom. The zero-order chi connectivity index (χ0) is 37.3. The lowest BCUT2D eigenvalue weighted by atomic mass is 9.90. The monoisotopic (exact) mass is 736 g/mol. The average molecular weight is 737 g/mol. The summed E-state index contributed by atoms with van der Waals surface area (Å²) in [4.78, 5) is 15.9. The quantitative estimate of drug-likeness (QED) is 0.180. The highest BCUT2D eigenvalue weighted by atomic mass is 15.3. The van der Waals surface area contributed by atoms with Gasteiger partial charge >= 0.3 is 0 Å². The number of fused-ring (bicyclic) bond motifs is 10. The van der Waals surface area contributed by atoms with Crippen LogP contribution in [0.1, 0.15) is 87.0 Å². The van der Waals surface area contributed by atoms with Gasteiger partial charge in [-0.2, -0.15) is 10.5 Å². The van der Waals surface area contributed by atoms with Crippen LogP contribution >= 0.6 is 0 Å². The fraction of sp³-hybridized carbons (Fsp3) is 0.417. The van der Waals surface area contributed by atoms with E-state index in [1.807, 2.05) is 48.5 Å². The number of imidazole rings is 2. The van der Waals surface area contributed by atoms with E-state index >= 15 is 0 Å². The van der Waals surface area contributed by atoms with Crippen molar-refractivity contribution in [2.45, 2.75) is 126 Å². The van der Waals surface area contributed by atoms with Crippen LogP contribution in [-0.4, -0.2) is 65.2 Å². The summed E-state index contributed by atoms with van der Waals surface area (Å²) in [6.45, 7) is 2.18. The summed E-state index contributed by atoms with van der Waals surface area (Å²) in [7, 11) is 0. The number of aromatic nitrogens is 4.